The molecule has 0 bridgehead atoms. The molecule has 20 heavy (non-hydrogen) atoms. The van der Waals surface area contributed by atoms with Crippen molar-refractivity contribution in [2.45, 2.75) is 12.5 Å². The summed E-state index contributed by atoms with van der Waals surface area (Å²) in [5.74, 6) is -1.40. The average molecular weight is 305 g/mol. The van der Waals surface area contributed by atoms with Gasteiger partial charge in [-0.05, 0) is 6.92 Å². The molecule has 0 aliphatic rings. The Kier molecular flexibility index (Phi) is 4.88. The van der Waals surface area contributed by atoms with E-state index in [1.807, 2.05) is 0 Å². The monoisotopic (exact) mass is 304 g/mol. The summed E-state index contributed by atoms with van der Waals surface area (Å²) in [5.41, 5.74) is -2.38. The second kappa shape index (κ2) is 6.04. The lowest BCUT2D eigenvalue weighted by molar-refractivity contribution is -0.384. The number of benzene rings is 1. The fraction of sp³-hybridized carbons (Fsp3) is 0.364. The summed E-state index contributed by atoms with van der Waals surface area (Å²) in [4.78, 5) is 21.0. The van der Waals surface area contributed by atoms with Gasteiger partial charge < -0.3 is 20.6 Å². The van der Waals surface area contributed by atoms with E-state index in [0.717, 1.165) is 12.1 Å². The fourth-order valence-corrected chi connectivity index (χ4v) is 1.66. The minimum Gasteiger partial charge on any atom is -0.478 e. The number of non-ortho nitro benzene ring substituents is 1. The smallest absolute Gasteiger partial charge is 0.338 e. The van der Waals surface area contributed by atoms with Gasteiger partial charge in [0, 0.05) is 18.7 Å². The first kappa shape index (κ1) is 16.2. The van der Waals surface area contributed by atoms with E-state index in [0.29, 0.717) is 0 Å². The first-order chi connectivity index (χ1) is 9.18. The maximum Gasteiger partial charge on any atom is 0.338 e. The zero-order valence-electron chi connectivity index (χ0n) is 10.5. The fourth-order valence-electron chi connectivity index (χ4n) is 1.38. The molecule has 1 aromatic rings. The summed E-state index contributed by atoms with van der Waals surface area (Å²) in [6.07, 6.45) is 0. The number of nitrogens with zero attached hydrogens (tertiary/aromatic N) is 1. The van der Waals surface area contributed by atoms with Crippen molar-refractivity contribution in [3.8, 4) is 0 Å². The number of nitro benzene ring substituents is 1. The Bertz CT molecular complexity index is 546. The van der Waals surface area contributed by atoms with Crippen molar-refractivity contribution >= 4 is 28.9 Å². The number of carboxylic acids is 1. The van der Waals surface area contributed by atoms with E-state index in [2.05, 4.69) is 5.32 Å². The molecule has 0 amide bonds. The summed E-state index contributed by atoms with van der Waals surface area (Å²) < 4.78 is 0. The molecule has 110 valence electrons. The molecule has 1 atom stereocenters. The van der Waals surface area contributed by atoms with Gasteiger partial charge in [-0.2, -0.15) is 0 Å². The first-order valence-corrected chi connectivity index (χ1v) is 5.84. The van der Waals surface area contributed by atoms with Crippen LogP contribution in [-0.4, -0.2) is 45.0 Å². The van der Waals surface area contributed by atoms with E-state index in [1.54, 1.807) is 0 Å². The number of hydrogen-bond donors (Lipinski definition) is 4. The van der Waals surface area contributed by atoms with Crippen molar-refractivity contribution in [1.29, 1.82) is 0 Å². The molecule has 0 fully saturated rings. The molecule has 0 spiro atoms. The van der Waals surface area contributed by atoms with Crippen molar-refractivity contribution in [3.05, 3.63) is 32.8 Å². The Labute approximate surface area is 118 Å². The molecule has 0 heterocycles. The van der Waals surface area contributed by atoms with Gasteiger partial charge in [-0.1, -0.05) is 11.6 Å². The van der Waals surface area contributed by atoms with Crippen LogP contribution in [0, 0.1) is 10.1 Å². The van der Waals surface area contributed by atoms with E-state index >= 15 is 0 Å². The summed E-state index contributed by atoms with van der Waals surface area (Å²) in [7, 11) is 0. The van der Waals surface area contributed by atoms with Crippen LogP contribution in [0.4, 0.5) is 11.4 Å². The molecular formula is C11H13ClN2O6. The molecule has 4 N–H and O–H groups in total. The average Bonchev–Trinajstić information content (AvgIpc) is 2.36. The SMILES string of the molecule is CC(O)(CO)CNc1c(Cl)cc([N+](=O)[O-])cc1C(=O)O. The lowest BCUT2D eigenvalue weighted by Crippen LogP contribution is -2.37. The zero-order chi connectivity index (χ0) is 15.5. The minimum atomic E-state index is -1.49. The number of anilines is 1. The predicted molar refractivity (Wildman–Crippen MR) is 71.3 cm³/mol. The molecule has 1 rings (SSSR count). The Morgan fingerprint density at radius 2 is 2.15 bits per heavy atom. The highest BCUT2D eigenvalue weighted by Gasteiger charge is 2.23. The molecule has 0 aromatic heterocycles. The number of carboxylic acid groups (broad SMARTS) is 1. The standard InChI is InChI=1S/C11H13ClN2O6/c1-11(18,5-15)4-13-9-7(10(16)17)2-6(14(19)20)3-8(9)12/h2-3,13,15,18H,4-5H2,1H3,(H,16,17). The van der Waals surface area contributed by atoms with Crippen LogP contribution < -0.4 is 5.32 Å². The van der Waals surface area contributed by atoms with Crippen LogP contribution in [0.25, 0.3) is 0 Å². The molecule has 0 aliphatic heterocycles. The lowest BCUT2D eigenvalue weighted by Gasteiger charge is -2.22. The van der Waals surface area contributed by atoms with Crippen LogP contribution >= 0.6 is 11.6 Å². The molecule has 0 aliphatic carbocycles. The normalized spacial score (nSPS) is 13.6. The van der Waals surface area contributed by atoms with E-state index < -0.39 is 34.4 Å². The zero-order valence-corrected chi connectivity index (χ0v) is 11.2. The predicted octanol–water partition coefficient (Wildman–Crippen LogP) is 1.10. The van der Waals surface area contributed by atoms with E-state index in [-0.39, 0.29) is 17.3 Å². The molecule has 1 aromatic carbocycles. The summed E-state index contributed by atoms with van der Waals surface area (Å²) in [6, 6.07) is 1.87. The van der Waals surface area contributed by atoms with Gasteiger partial charge in [0.25, 0.3) is 5.69 Å². The number of nitro groups is 1. The molecule has 0 radical (unpaired) electrons. The van der Waals surface area contributed by atoms with Gasteiger partial charge in [0.1, 0.15) is 5.60 Å². The quantitative estimate of drug-likeness (QED) is 0.457. The number of aliphatic hydroxyl groups is 2. The third-order valence-electron chi connectivity index (χ3n) is 2.50. The topological polar surface area (TPSA) is 133 Å². The number of aliphatic hydroxyl groups excluding tert-OH is 1. The van der Waals surface area contributed by atoms with Gasteiger partial charge in [-0.15, -0.1) is 0 Å². The van der Waals surface area contributed by atoms with Crippen molar-refractivity contribution in [3.63, 3.8) is 0 Å². The van der Waals surface area contributed by atoms with Crippen molar-refractivity contribution in [2.75, 3.05) is 18.5 Å². The molecule has 0 saturated heterocycles. The van der Waals surface area contributed by atoms with E-state index in [4.69, 9.17) is 21.8 Å². The van der Waals surface area contributed by atoms with Gasteiger partial charge >= 0.3 is 5.97 Å². The number of hydrogen-bond acceptors (Lipinski definition) is 6. The van der Waals surface area contributed by atoms with E-state index in [9.17, 15) is 20.0 Å². The Morgan fingerprint density at radius 3 is 2.60 bits per heavy atom. The largest absolute Gasteiger partial charge is 0.478 e. The van der Waals surface area contributed by atoms with Crippen LogP contribution in [0.5, 0.6) is 0 Å². The maximum atomic E-state index is 11.1. The van der Waals surface area contributed by atoms with E-state index in [1.165, 1.54) is 6.92 Å². The molecule has 0 saturated carbocycles. The van der Waals surface area contributed by atoms with Crippen molar-refractivity contribution < 1.29 is 25.0 Å². The highest BCUT2D eigenvalue weighted by molar-refractivity contribution is 6.34. The van der Waals surface area contributed by atoms with Crippen LogP contribution in [-0.2, 0) is 0 Å². The van der Waals surface area contributed by atoms with Crippen molar-refractivity contribution in [1.82, 2.24) is 0 Å². The second-order valence-corrected chi connectivity index (χ2v) is 4.83. The van der Waals surface area contributed by atoms with Gasteiger partial charge in [0.05, 0.1) is 27.8 Å². The van der Waals surface area contributed by atoms with Crippen LogP contribution in [0.3, 0.4) is 0 Å². The number of halogens is 1. The van der Waals surface area contributed by atoms with Gasteiger partial charge in [0.2, 0.25) is 0 Å². The third kappa shape index (κ3) is 3.80. The number of rotatable bonds is 6. The summed E-state index contributed by atoms with van der Waals surface area (Å²) in [6.45, 7) is 0.605. The first-order valence-electron chi connectivity index (χ1n) is 5.46. The number of nitrogens with one attached hydrogen (secondary N) is 1. The number of aromatic carboxylic acids is 1. The molecule has 8 nitrogen and oxygen atoms in total. The van der Waals surface area contributed by atoms with Crippen LogP contribution in [0.15, 0.2) is 12.1 Å². The number of carbonyl (C=O) groups is 1. The highest BCUT2D eigenvalue weighted by Crippen LogP contribution is 2.31. The van der Waals surface area contributed by atoms with Gasteiger partial charge in [0.15, 0.2) is 0 Å². The van der Waals surface area contributed by atoms with Crippen LogP contribution in [0.1, 0.15) is 17.3 Å². The minimum absolute atomic E-state index is 0.0570. The Balaban J connectivity index is 3.18. The lowest BCUT2D eigenvalue weighted by atomic mass is 10.1. The third-order valence-corrected chi connectivity index (χ3v) is 2.80. The summed E-state index contributed by atoms with van der Waals surface area (Å²) in [5, 5.41) is 40.7. The molecular weight excluding hydrogens is 292 g/mol. The van der Waals surface area contributed by atoms with Gasteiger partial charge in [-0.3, -0.25) is 10.1 Å². The molecule has 1 unspecified atom stereocenters. The Hall–Kier alpha value is -1.90. The maximum absolute atomic E-state index is 11.1. The summed E-state index contributed by atoms with van der Waals surface area (Å²) >= 11 is 5.82. The van der Waals surface area contributed by atoms with Crippen LogP contribution in [0.2, 0.25) is 5.02 Å². The van der Waals surface area contributed by atoms with Gasteiger partial charge in [-0.25, -0.2) is 4.79 Å². The molecule has 9 heteroatoms. The van der Waals surface area contributed by atoms with Crippen molar-refractivity contribution in [2.24, 2.45) is 0 Å². The second-order valence-electron chi connectivity index (χ2n) is 4.42. The Morgan fingerprint density at radius 1 is 1.55 bits per heavy atom. The highest BCUT2D eigenvalue weighted by atomic mass is 35.5.